The van der Waals surface area contributed by atoms with E-state index in [4.69, 9.17) is 4.21 Å². The van der Waals surface area contributed by atoms with Gasteiger partial charge in [0.2, 0.25) is 0 Å². The van der Waals surface area contributed by atoms with Crippen LogP contribution in [0.4, 0.5) is 0 Å². The van der Waals surface area contributed by atoms with Gasteiger partial charge in [-0.1, -0.05) is 0 Å². The van der Waals surface area contributed by atoms with Crippen LogP contribution in [-0.4, -0.2) is 4.21 Å². The Morgan fingerprint density at radius 1 is 0.733 bits per heavy atom. The van der Waals surface area contributed by atoms with Crippen molar-refractivity contribution in [3.05, 3.63) is 133 Å². The molecule has 3 heteroatoms. The molecular formula is C42H50Cl2Zr. The van der Waals surface area contributed by atoms with Gasteiger partial charge in [-0.3, -0.25) is 0 Å². The number of benzene rings is 4. The summed E-state index contributed by atoms with van der Waals surface area (Å²) in [7, 11) is 0. The van der Waals surface area contributed by atoms with E-state index in [1.807, 2.05) is 0 Å². The summed E-state index contributed by atoms with van der Waals surface area (Å²) in [4.78, 5) is 0. The Hall–Kier alpha value is -2.31. The molecule has 236 valence electrons. The zero-order valence-electron chi connectivity index (χ0n) is 28.4. The van der Waals surface area contributed by atoms with Crippen LogP contribution < -0.4 is 9.81 Å². The molecule has 6 rings (SSSR count). The monoisotopic (exact) mass is 714 g/mol. The van der Waals surface area contributed by atoms with Crippen molar-refractivity contribution in [3.8, 4) is 11.1 Å². The zero-order valence-corrected chi connectivity index (χ0v) is 32.5. The molecule has 0 saturated carbocycles. The molecule has 0 N–H and O–H groups in total. The SMILES string of the molecule is Cl.Cl.[CH2]=[Zr]([C]1=CC(C(C)(C)C)=CC1CCC)([c]1ccc(C)cc1)([c]1ccc(C)cc1)[c]1c(C)ccc2c1Cc1cc(C)ccc1-2. The first-order chi connectivity index (χ1) is 20.4. The van der Waals surface area contributed by atoms with E-state index >= 15 is 0 Å². The number of hydrogen-bond acceptors (Lipinski definition) is 0. The first-order valence-electron chi connectivity index (χ1n) is 16.2. The van der Waals surface area contributed by atoms with Crippen molar-refractivity contribution in [2.45, 2.75) is 74.7 Å². The van der Waals surface area contributed by atoms with Crippen molar-refractivity contribution >= 4 is 38.8 Å². The van der Waals surface area contributed by atoms with Crippen molar-refractivity contribution in [3.63, 3.8) is 0 Å². The molecule has 0 bridgehead atoms. The molecule has 1 atom stereocenters. The summed E-state index contributed by atoms with van der Waals surface area (Å²) < 4.78 is 11.9. The van der Waals surface area contributed by atoms with Gasteiger partial charge >= 0.3 is 263 Å². The van der Waals surface area contributed by atoms with Crippen molar-refractivity contribution in [2.75, 3.05) is 0 Å². The van der Waals surface area contributed by atoms with Crippen LogP contribution in [0.3, 0.4) is 0 Å². The van der Waals surface area contributed by atoms with Crippen molar-refractivity contribution in [2.24, 2.45) is 11.3 Å². The Kier molecular flexibility index (Phi) is 10.0. The Bertz CT molecular complexity index is 1810. The van der Waals surface area contributed by atoms with Crippen LogP contribution in [0.15, 0.2) is 99.9 Å². The zero-order chi connectivity index (χ0) is 30.8. The summed E-state index contributed by atoms with van der Waals surface area (Å²) in [6.07, 6.45) is 8.54. The van der Waals surface area contributed by atoms with Crippen molar-refractivity contribution in [1.82, 2.24) is 0 Å². The van der Waals surface area contributed by atoms with E-state index in [0.29, 0.717) is 5.92 Å². The molecule has 45 heavy (non-hydrogen) atoms. The Morgan fingerprint density at radius 2 is 1.27 bits per heavy atom. The van der Waals surface area contributed by atoms with E-state index in [9.17, 15) is 0 Å². The molecule has 2 aliphatic rings. The number of allylic oxidation sites excluding steroid dienone is 4. The summed E-state index contributed by atoms with van der Waals surface area (Å²) >= 11 is -4.89. The van der Waals surface area contributed by atoms with E-state index < -0.39 is 18.3 Å². The third-order valence-corrected chi connectivity index (χ3v) is 27.3. The fraction of sp³-hybridized carbons (Fsp3) is 0.310. The molecule has 0 aliphatic heterocycles. The van der Waals surface area contributed by atoms with Crippen LogP contribution in [0.5, 0.6) is 0 Å². The molecule has 0 spiro atoms. The summed E-state index contributed by atoms with van der Waals surface area (Å²) in [6.45, 7) is 18.5. The van der Waals surface area contributed by atoms with Crippen LogP contribution in [0.25, 0.3) is 11.1 Å². The van der Waals surface area contributed by atoms with Gasteiger partial charge in [-0.2, -0.15) is 0 Å². The average molecular weight is 717 g/mol. The average Bonchev–Trinajstić information content (AvgIpc) is 3.55. The predicted octanol–water partition coefficient (Wildman–Crippen LogP) is 10.0. The molecule has 2 aliphatic carbocycles. The summed E-state index contributed by atoms with van der Waals surface area (Å²) in [5, 5.41) is 0. The third-order valence-electron chi connectivity index (χ3n) is 10.6. The second kappa shape index (κ2) is 12.7. The van der Waals surface area contributed by atoms with Gasteiger partial charge in [0.15, 0.2) is 0 Å². The van der Waals surface area contributed by atoms with Gasteiger partial charge in [0.1, 0.15) is 0 Å². The van der Waals surface area contributed by atoms with Gasteiger partial charge in [0, 0.05) is 0 Å². The number of fused-ring (bicyclic) bond motifs is 3. The molecule has 0 nitrogen and oxygen atoms in total. The molecule has 0 saturated heterocycles. The van der Waals surface area contributed by atoms with Crippen LogP contribution >= 0.6 is 24.8 Å². The third kappa shape index (κ3) is 5.56. The van der Waals surface area contributed by atoms with E-state index in [1.54, 1.807) is 6.55 Å². The molecule has 4 aromatic rings. The van der Waals surface area contributed by atoms with Crippen LogP contribution in [-0.2, 0) is 24.7 Å². The van der Waals surface area contributed by atoms with E-state index in [2.05, 4.69) is 146 Å². The number of halogens is 2. The maximum atomic E-state index is 5.83. The van der Waals surface area contributed by atoms with Gasteiger partial charge in [-0.05, 0) is 0 Å². The van der Waals surface area contributed by atoms with Gasteiger partial charge in [-0.25, -0.2) is 0 Å². The van der Waals surface area contributed by atoms with Gasteiger partial charge in [-0.15, -0.1) is 24.8 Å². The summed E-state index contributed by atoms with van der Waals surface area (Å²) in [5.74, 6) is 0.381. The minimum absolute atomic E-state index is 0. The second-order valence-electron chi connectivity index (χ2n) is 14.7. The normalized spacial score (nSPS) is 15.8. The van der Waals surface area contributed by atoms with Crippen molar-refractivity contribution in [1.29, 1.82) is 0 Å². The first kappa shape index (κ1) is 35.5. The quantitative estimate of drug-likeness (QED) is 0.164. The molecule has 4 aromatic carbocycles. The molecule has 1 unspecified atom stereocenters. The Labute approximate surface area is 285 Å². The van der Waals surface area contributed by atoms with Gasteiger partial charge in [0.25, 0.3) is 0 Å². The van der Waals surface area contributed by atoms with Gasteiger partial charge in [0.05, 0.1) is 0 Å². The standard InChI is InChI=1S/C15H13.C12H19.2C7H7.CH2.2ClH.Zr/c1-10-3-5-14-12(7-10)9-13-8-11(2)4-6-15(13)14;1-5-6-10-7-8-11(9-10)12(2,3)4;2*1-7-5-3-2-4-6-7;;;;/h3-7H,9H2,1-2H3;8-10H,5-6H2,1-4H3;2*3-6H,1H3;1H2;2*1H;. The fourth-order valence-electron chi connectivity index (χ4n) is 8.28. The van der Waals surface area contributed by atoms with Crippen LogP contribution in [0.2, 0.25) is 0 Å². The Morgan fingerprint density at radius 3 is 1.80 bits per heavy atom. The molecule has 0 heterocycles. The summed E-state index contributed by atoms with van der Waals surface area (Å²) in [5.41, 5.74) is 12.6. The first-order valence-corrected chi connectivity index (χ1v) is 22.9. The molecule has 0 amide bonds. The van der Waals surface area contributed by atoms with Gasteiger partial charge < -0.3 is 0 Å². The minimum atomic E-state index is -4.89. The number of hydrogen-bond donors (Lipinski definition) is 0. The topological polar surface area (TPSA) is 0 Å². The maximum absolute atomic E-state index is 5.83. The molecule has 0 aromatic heterocycles. The van der Waals surface area contributed by atoms with Crippen LogP contribution in [0, 0.1) is 39.0 Å². The van der Waals surface area contributed by atoms with E-state index in [1.165, 1.54) is 56.6 Å². The number of aryl methyl sites for hydroxylation is 4. The predicted molar refractivity (Wildman–Crippen MR) is 201 cm³/mol. The fourth-order valence-corrected chi connectivity index (χ4v) is 25.6. The Balaban J connectivity index is 0.00000230. The number of rotatable bonds is 6. The van der Waals surface area contributed by atoms with E-state index in [-0.39, 0.29) is 30.2 Å². The van der Waals surface area contributed by atoms with Crippen molar-refractivity contribution < 1.29 is 18.3 Å². The molecule has 0 fully saturated rings. The molecule has 0 radical (unpaired) electrons. The van der Waals surface area contributed by atoms with Crippen LogP contribution in [0.1, 0.15) is 73.9 Å². The second-order valence-corrected chi connectivity index (χ2v) is 27.3. The summed E-state index contributed by atoms with van der Waals surface area (Å²) in [6, 6.07) is 31.0. The van der Waals surface area contributed by atoms with E-state index in [0.717, 1.165) is 19.3 Å². The molecular weight excluding hydrogens is 667 g/mol.